The Morgan fingerprint density at radius 2 is 2.00 bits per heavy atom. The summed E-state index contributed by atoms with van der Waals surface area (Å²) in [5.41, 5.74) is 5.12. The molecular weight excluding hydrogens is 269 g/mol. The van der Waals surface area contributed by atoms with Gasteiger partial charge in [0.1, 0.15) is 0 Å². The maximum atomic E-state index is 6.10. The summed E-state index contributed by atoms with van der Waals surface area (Å²) in [6, 6.07) is 5.39. The first kappa shape index (κ1) is 12.3. The van der Waals surface area contributed by atoms with Crippen LogP contribution in [0.2, 0.25) is 10.0 Å². The Bertz CT molecular complexity index is 479. The first-order chi connectivity index (χ1) is 8.72. The molecule has 3 heterocycles. The number of fused-ring (bicyclic) bond motifs is 3. The second kappa shape index (κ2) is 5.08. The summed E-state index contributed by atoms with van der Waals surface area (Å²) in [6.07, 6.45) is 2.46. The summed E-state index contributed by atoms with van der Waals surface area (Å²) in [5, 5.41) is 5.77. The fourth-order valence-electron chi connectivity index (χ4n) is 2.62. The number of anilines is 1. The number of piperidine rings is 3. The second-order valence-electron chi connectivity index (χ2n) is 4.89. The SMILES string of the molecule is Clc1ccc(N/N=C2\CN3CCC2CC3)c(Cl)c1. The lowest BCUT2D eigenvalue weighted by atomic mass is 9.87. The molecule has 1 aromatic rings. The van der Waals surface area contributed by atoms with Gasteiger partial charge >= 0.3 is 0 Å². The molecule has 3 saturated heterocycles. The van der Waals surface area contributed by atoms with Gasteiger partial charge in [-0.25, -0.2) is 0 Å². The third-order valence-corrected chi connectivity index (χ3v) is 4.24. The summed E-state index contributed by atoms with van der Waals surface area (Å²) in [4.78, 5) is 2.45. The van der Waals surface area contributed by atoms with Gasteiger partial charge in [0.15, 0.2) is 0 Å². The monoisotopic (exact) mass is 283 g/mol. The fourth-order valence-corrected chi connectivity index (χ4v) is 3.07. The molecule has 0 saturated carbocycles. The van der Waals surface area contributed by atoms with E-state index in [9.17, 15) is 0 Å². The minimum Gasteiger partial charge on any atom is -0.298 e. The van der Waals surface area contributed by atoms with Crippen LogP contribution in [0.4, 0.5) is 5.69 Å². The highest BCUT2D eigenvalue weighted by molar-refractivity contribution is 6.36. The van der Waals surface area contributed by atoms with E-state index in [-0.39, 0.29) is 0 Å². The van der Waals surface area contributed by atoms with Gasteiger partial charge in [0, 0.05) is 17.5 Å². The van der Waals surface area contributed by atoms with Crippen molar-refractivity contribution in [3.63, 3.8) is 0 Å². The Labute approximate surface area is 117 Å². The molecule has 3 nitrogen and oxygen atoms in total. The molecule has 0 radical (unpaired) electrons. The summed E-state index contributed by atoms with van der Waals surface area (Å²) >= 11 is 12.0. The fraction of sp³-hybridized carbons (Fsp3) is 0.462. The van der Waals surface area contributed by atoms with Crippen molar-refractivity contribution in [2.24, 2.45) is 11.0 Å². The number of nitrogens with zero attached hydrogens (tertiary/aromatic N) is 2. The molecule has 0 spiro atoms. The van der Waals surface area contributed by atoms with Crippen LogP contribution < -0.4 is 5.43 Å². The smallest absolute Gasteiger partial charge is 0.0749 e. The highest BCUT2D eigenvalue weighted by atomic mass is 35.5. The van der Waals surface area contributed by atoms with Crippen molar-refractivity contribution < 1.29 is 0 Å². The van der Waals surface area contributed by atoms with Gasteiger partial charge in [0.25, 0.3) is 0 Å². The minimum absolute atomic E-state index is 0.605. The molecule has 1 N–H and O–H groups in total. The molecule has 4 rings (SSSR count). The van der Waals surface area contributed by atoms with Crippen LogP contribution in [0.1, 0.15) is 12.8 Å². The van der Waals surface area contributed by atoms with E-state index >= 15 is 0 Å². The average molecular weight is 284 g/mol. The van der Waals surface area contributed by atoms with Gasteiger partial charge in [0.05, 0.1) is 16.4 Å². The summed E-state index contributed by atoms with van der Waals surface area (Å²) < 4.78 is 0. The van der Waals surface area contributed by atoms with Gasteiger partial charge in [-0.15, -0.1) is 0 Å². The maximum Gasteiger partial charge on any atom is 0.0749 e. The molecular formula is C13H15Cl2N3. The Morgan fingerprint density at radius 3 is 2.61 bits per heavy atom. The van der Waals surface area contributed by atoms with Crippen LogP contribution in [0.5, 0.6) is 0 Å². The van der Waals surface area contributed by atoms with Gasteiger partial charge in [-0.2, -0.15) is 5.10 Å². The molecule has 0 unspecified atom stereocenters. The third-order valence-electron chi connectivity index (χ3n) is 3.70. The lowest BCUT2D eigenvalue weighted by Gasteiger charge is -2.39. The summed E-state index contributed by atoms with van der Waals surface area (Å²) in [5.74, 6) is 0.647. The molecule has 0 amide bonds. The molecule has 1 aromatic carbocycles. The van der Waals surface area contributed by atoms with E-state index in [1.807, 2.05) is 12.1 Å². The largest absolute Gasteiger partial charge is 0.298 e. The predicted molar refractivity (Wildman–Crippen MR) is 76.7 cm³/mol. The normalized spacial score (nSPS) is 28.7. The van der Waals surface area contributed by atoms with Crippen LogP contribution in [-0.4, -0.2) is 30.2 Å². The molecule has 18 heavy (non-hydrogen) atoms. The van der Waals surface area contributed by atoms with Crippen LogP contribution in [0, 0.1) is 5.92 Å². The van der Waals surface area contributed by atoms with Crippen molar-refractivity contribution in [1.29, 1.82) is 0 Å². The zero-order valence-electron chi connectivity index (χ0n) is 10.00. The highest BCUT2D eigenvalue weighted by Gasteiger charge is 2.30. The van der Waals surface area contributed by atoms with E-state index in [1.165, 1.54) is 31.6 Å². The highest BCUT2D eigenvalue weighted by Crippen LogP contribution is 2.27. The summed E-state index contributed by atoms with van der Waals surface area (Å²) in [7, 11) is 0. The molecule has 5 heteroatoms. The van der Waals surface area contributed by atoms with E-state index in [4.69, 9.17) is 23.2 Å². The molecule has 0 atom stereocenters. The number of nitrogens with one attached hydrogen (secondary N) is 1. The quantitative estimate of drug-likeness (QED) is 0.842. The van der Waals surface area contributed by atoms with Gasteiger partial charge < -0.3 is 0 Å². The predicted octanol–water partition coefficient (Wildman–Crippen LogP) is 3.49. The standard InChI is InChI=1S/C13H15Cl2N3/c14-10-1-2-12(11(15)7-10)16-17-13-8-18-5-3-9(13)4-6-18/h1-2,7,9,16H,3-6,8H2/b17-13+. The molecule has 96 valence electrons. The molecule has 0 aromatic heterocycles. The van der Waals surface area contributed by atoms with E-state index in [0.717, 1.165) is 12.2 Å². The Balaban J connectivity index is 1.73. The van der Waals surface area contributed by atoms with Crippen molar-refractivity contribution in [2.75, 3.05) is 25.1 Å². The van der Waals surface area contributed by atoms with Crippen LogP contribution in [0.3, 0.4) is 0 Å². The number of benzene rings is 1. The van der Waals surface area contributed by atoms with Gasteiger partial charge in [-0.05, 0) is 44.1 Å². The zero-order valence-corrected chi connectivity index (χ0v) is 11.5. The number of hydrogen-bond acceptors (Lipinski definition) is 3. The van der Waals surface area contributed by atoms with Crippen LogP contribution in [-0.2, 0) is 0 Å². The van der Waals surface area contributed by atoms with Crippen LogP contribution in [0.15, 0.2) is 23.3 Å². The Morgan fingerprint density at radius 1 is 1.22 bits per heavy atom. The van der Waals surface area contributed by atoms with E-state index in [1.54, 1.807) is 6.07 Å². The van der Waals surface area contributed by atoms with Gasteiger partial charge in [0.2, 0.25) is 0 Å². The number of hydrogen-bond donors (Lipinski definition) is 1. The van der Waals surface area contributed by atoms with E-state index in [2.05, 4.69) is 15.4 Å². The van der Waals surface area contributed by atoms with Crippen molar-refractivity contribution in [1.82, 2.24) is 4.90 Å². The lowest BCUT2D eigenvalue weighted by molar-refractivity contribution is 0.200. The van der Waals surface area contributed by atoms with E-state index in [0.29, 0.717) is 16.0 Å². The number of hydrazone groups is 1. The second-order valence-corrected chi connectivity index (χ2v) is 5.73. The maximum absolute atomic E-state index is 6.10. The first-order valence-electron chi connectivity index (χ1n) is 6.22. The van der Waals surface area contributed by atoms with Gasteiger partial charge in [-0.3, -0.25) is 10.3 Å². The van der Waals surface area contributed by atoms with Crippen molar-refractivity contribution >= 4 is 34.6 Å². The lowest BCUT2D eigenvalue weighted by Crippen LogP contribution is -2.48. The zero-order chi connectivity index (χ0) is 12.5. The third kappa shape index (κ3) is 2.48. The minimum atomic E-state index is 0.605. The molecule has 3 aliphatic heterocycles. The molecule has 3 fully saturated rings. The molecule has 3 aliphatic rings. The number of rotatable bonds is 2. The molecule has 2 bridgehead atoms. The van der Waals surface area contributed by atoms with E-state index < -0.39 is 0 Å². The number of halogens is 2. The van der Waals surface area contributed by atoms with Crippen LogP contribution in [0.25, 0.3) is 0 Å². The van der Waals surface area contributed by atoms with Crippen molar-refractivity contribution in [2.45, 2.75) is 12.8 Å². The van der Waals surface area contributed by atoms with Crippen molar-refractivity contribution in [3.05, 3.63) is 28.2 Å². The average Bonchev–Trinajstić information content (AvgIpc) is 2.39. The molecule has 0 aliphatic carbocycles. The first-order valence-corrected chi connectivity index (χ1v) is 6.98. The van der Waals surface area contributed by atoms with Gasteiger partial charge in [-0.1, -0.05) is 23.2 Å². The Hall–Kier alpha value is -0.770. The topological polar surface area (TPSA) is 27.6 Å². The summed E-state index contributed by atoms with van der Waals surface area (Å²) in [6.45, 7) is 3.42. The van der Waals surface area contributed by atoms with Crippen molar-refractivity contribution in [3.8, 4) is 0 Å². The Kier molecular flexibility index (Phi) is 3.46. The van der Waals surface area contributed by atoms with Crippen LogP contribution >= 0.6 is 23.2 Å².